The Morgan fingerprint density at radius 1 is 1.46 bits per heavy atom. The van der Waals surface area contributed by atoms with E-state index in [1.807, 2.05) is 13.8 Å². The van der Waals surface area contributed by atoms with Crippen LogP contribution in [-0.4, -0.2) is 49.7 Å². The molecule has 0 aromatic rings. The summed E-state index contributed by atoms with van der Waals surface area (Å²) in [7, 11) is 1.68. The third-order valence-corrected chi connectivity index (χ3v) is 2.60. The van der Waals surface area contributed by atoms with Gasteiger partial charge in [-0.3, -0.25) is 0 Å². The van der Waals surface area contributed by atoms with Crippen molar-refractivity contribution in [2.75, 3.05) is 20.3 Å². The number of aliphatic hydroxyl groups is 1. The molecule has 0 amide bonds. The molecule has 1 fully saturated rings. The van der Waals surface area contributed by atoms with Crippen LogP contribution in [0.2, 0.25) is 0 Å². The Kier molecular flexibility index (Phi) is 4.12. The summed E-state index contributed by atoms with van der Waals surface area (Å²) in [6, 6.07) is 0.277. The minimum Gasteiger partial charge on any atom is -0.389 e. The second-order valence-corrected chi connectivity index (χ2v) is 3.61. The van der Waals surface area contributed by atoms with E-state index in [1.54, 1.807) is 7.11 Å². The zero-order valence-corrected chi connectivity index (χ0v) is 8.49. The van der Waals surface area contributed by atoms with Crippen molar-refractivity contribution in [1.29, 1.82) is 0 Å². The van der Waals surface area contributed by atoms with Crippen LogP contribution in [0.3, 0.4) is 0 Å². The van der Waals surface area contributed by atoms with E-state index in [2.05, 4.69) is 5.32 Å². The summed E-state index contributed by atoms with van der Waals surface area (Å²) in [4.78, 5) is 0. The van der Waals surface area contributed by atoms with Gasteiger partial charge in [0.15, 0.2) is 0 Å². The predicted octanol–water partition coefficient (Wildman–Crippen LogP) is -0.241. The average molecular weight is 189 g/mol. The molecular formula is C9H19NO3. The van der Waals surface area contributed by atoms with Crippen LogP contribution in [-0.2, 0) is 9.47 Å². The summed E-state index contributed by atoms with van der Waals surface area (Å²) in [5.41, 5.74) is 0. The van der Waals surface area contributed by atoms with E-state index in [0.29, 0.717) is 13.2 Å². The lowest BCUT2D eigenvalue weighted by molar-refractivity contribution is 0.0741. The highest BCUT2D eigenvalue weighted by Gasteiger charge is 2.28. The highest BCUT2D eigenvalue weighted by Crippen LogP contribution is 2.07. The summed E-state index contributed by atoms with van der Waals surface area (Å²) in [6.45, 7) is 5.06. The molecule has 1 aliphatic heterocycles. The van der Waals surface area contributed by atoms with Crippen LogP contribution in [0.15, 0.2) is 0 Å². The van der Waals surface area contributed by atoms with Crippen LogP contribution in [0.5, 0.6) is 0 Å². The van der Waals surface area contributed by atoms with Crippen molar-refractivity contribution < 1.29 is 14.6 Å². The zero-order valence-electron chi connectivity index (χ0n) is 8.49. The van der Waals surface area contributed by atoms with Gasteiger partial charge in [0.1, 0.15) is 0 Å². The Balaban J connectivity index is 2.30. The first-order valence-corrected chi connectivity index (χ1v) is 4.69. The standard InChI is InChI=1S/C9H19NO3/c1-6(7(2)12-3)10-8-4-13-5-9(8)11/h6-11H,4-5H2,1-3H3. The molecular weight excluding hydrogens is 170 g/mol. The summed E-state index contributed by atoms with van der Waals surface area (Å²) in [5, 5.41) is 12.7. The fourth-order valence-corrected chi connectivity index (χ4v) is 1.38. The second-order valence-electron chi connectivity index (χ2n) is 3.61. The predicted molar refractivity (Wildman–Crippen MR) is 49.7 cm³/mol. The summed E-state index contributed by atoms with van der Waals surface area (Å²) in [5.74, 6) is 0. The Hall–Kier alpha value is -0.160. The van der Waals surface area contributed by atoms with Gasteiger partial charge in [-0.15, -0.1) is 0 Å². The third-order valence-electron chi connectivity index (χ3n) is 2.60. The molecule has 4 unspecified atom stereocenters. The van der Waals surface area contributed by atoms with Crippen LogP contribution < -0.4 is 5.32 Å². The highest BCUT2D eigenvalue weighted by molar-refractivity contribution is 4.84. The highest BCUT2D eigenvalue weighted by atomic mass is 16.5. The minimum atomic E-state index is -0.383. The lowest BCUT2D eigenvalue weighted by Crippen LogP contribution is -2.48. The maximum Gasteiger partial charge on any atom is 0.0948 e. The SMILES string of the molecule is COC(C)C(C)NC1COCC1O. The van der Waals surface area contributed by atoms with Crippen molar-refractivity contribution in [3.8, 4) is 0 Å². The van der Waals surface area contributed by atoms with Gasteiger partial charge in [-0.1, -0.05) is 0 Å². The van der Waals surface area contributed by atoms with Gasteiger partial charge in [0.05, 0.1) is 31.5 Å². The van der Waals surface area contributed by atoms with E-state index in [4.69, 9.17) is 9.47 Å². The van der Waals surface area contributed by atoms with E-state index >= 15 is 0 Å². The van der Waals surface area contributed by atoms with Gasteiger partial charge in [-0.2, -0.15) is 0 Å². The smallest absolute Gasteiger partial charge is 0.0948 e. The van der Waals surface area contributed by atoms with Crippen LogP contribution in [0.25, 0.3) is 0 Å². The van der Waals surface area contributed by atoms with Crippen molar-refractivity contribution in [1.82, 2.24) is 5.32 Å². The van der Waals surface area contributed by atoms with Crippen LogP contribution in [0.4, 0.5) is 0 Å². The van der Waals surface area contributed by atoms with Crippen molar-refractivity contribution in [2.24, 2.45) is 0 Å². The molecule has 4 nitrogen and oxygen atoms in total. The average Bonchev–Trinajstić information content (AvgIpc) is 2.50. The van der Waals surface area contributed by atoms with Crippen molar-refractivity contribution >= 4 is 0 Å². The Morgan fingerprint density at radius 3 is 2.62 bits per heavy atom. The van der Waals surface area contributed by atoms with E-state index in [9.17, 15) is 5.11 Å². The number of rotatable bonds is 4. The van der Waals surface area contributed by atoms with Gasteiger partial charge >= 0.3 is 0 Å². The van der Waals surface area contributed by atoms with Gasteiger partial charge in [0.2, 0.25) is 0 Å². The lowest BCUT2D eigenvalue weighted by Gasteiger charge is -2.24. The molecule has 0 bridgehead atoms. The van der Waals surface area contributed by atoms with Crippen LogP contribution in [0, 0.1) is 0 Å². The molecule has 78 valence electrons. The van der Waals surface area contributed by atoms with E-state index in [-0.39, 0.29) is 24.3 Å². The normalized spacial score (nSPS) is 33.2. The topological polar surface area (TPSA) is 50.7 Å². The molecule has 4 heteroatoms. The molecule has 1 heterocycles. The molecule has 0 radical (unpaired) electrons. The zero-order chi connectivity index (χ0) is 9.84. The van der Waals surface area contributed by atoms with Crippen molar-refractivity contribution in [3.05, 3.63) is 0 Å². The number of ether oxygens (including phenoxy) is 2. The lowest BCUT2D eigenvalue weighted by atomic mass is 10.1. The van der Waals surface area contributed by atoms with Crippen molar-refractivity contribution in [2.45, 2.75) is 38.1 Å². The molecule has 2 N–H and O–H groups in total. The maximum absolute atomic E-state index is 9.46. The molecule has 0 saturated carbocycles. The molecule has 13 heavy (non-hydrogen) atoms. The van der Waals surface area contributed by atoms with E-state index < -0.39 is 0 Å². The number of methoxy groups -OCH3 is 1. The molecule has 1 saturated heterocycles. The van der Waals surface area contributed by atoms with E-state index in [1.165, 1.54) is 0 Å². The molecule has 1 aliphatic rings. The summed E-state index contributed by atoms with van der Waals surface area (Å²) in [6.07, 6.45) is -0.237. The van der Waals surface area contributed by atoms with Gasteiger partial charge in [-0.05, 0) is 13.8 Å². The van der Waals surface area contributed by atoms with Gasteiger partial charge < -0.3 is 19.9 Å². The summed E-state index contributed by atoms with van der Waals surface area (Å²) >= 11 is 0. The molecule has 0 aromatic heterocycles. The number of aliphatic hydroxyl groups excluding tert-OH is 1. The fraction of sp³-hybridized carbons (Fsp3) is 1.00. The minimum absolute atomic E-state index is 0.0487. The molecule has 0 aromatic carbocycles. The first kappa shape index (κ1) is 10.9. The Labute approximate surface area is 79.2 Å². The molecule has 0 aliphatic carbocycles. The van der Waals surface area contributed by atoms with Crippen LogP contribution >= 0.6 is 0 Å². The van der Waals surface area contributed by atoms with Crippen LogP contribution in [0.1, 0.15) is 13.8 Å². The molecule has 4 atom stereocenters. The largest absolute Gasteiger partial charge is 0.389 e. The molecule has 0 spiro atoms. The molecule has 1 rings (SSSR count). The fourth-order valence-electron chi connectivity index (χ4n) is 1.38. The van der Waals surface area contributed by atoms with Crippen molar-refractivity contribution in [3.63, 3.8) is 0 Å². The van der Waals surface area contributed by atoms with Gasteiger partial charge in [0, 0.05) is 13.2 Å². The van der Waals surface area contributed by atoms with Gasteiger partial charge in [-0.25, -0.2) is 0 Å². The quantitative estimate of drug-likeness (QED) is 0.641. The Bertz CT molecular complexity index is 154. The Morgan fingerprint density at radius 2 is 2.15 bits per heavy atom. The first-order chi connectivity index (χ1) is 6.15. The van der Waals surface area contributed by atoms with Gasteiger partial charge in [0.25, 0.3) is 0 Å². The van der Waals surface area contributed by atoms with E-state index in [0.717, 1.165) is 0 Å². The number of hydrogen-bond acceptors (Lipinski definition) is 4. The number of hydrogen-bond donors (Lipinski definition) is 2. The first-order valence-electron chi connectivity index (χ1n) is 4.69. The summed E-state index contributed by atoms with van der Waals surface area (Å²) < 4.78 is 10.3. The monoisotopic (exact) mass is 189 g/mol. The third kappa shape index (κ3) is 2.91. The second kappa shape index (κ2) is 4.91. The number of nitrogens with one attached hydrogen (secondary N) is 1. The maximum atomic E-state index is 9.46.